The topological polar surface area (TPSA) is 85.5 Å². The van der Waals surface area contributed by atoms with Crippen molar-refractivity contribution in [2.75, 3.05) is 39.6 Å². The SMILES string of the molecule is CCN[C@H](CC(=S)N1CCC(c2nc(N)c3cc(OC)c(OC)c(F)c3n2)CC1)c1ccc(F)cc1. The molecule has 0 aliphatic carbocycles. The lowest BCUT2D eigenvalue weighted by atomic mass is 9.95. The molecule has 0 radical (unpaired) electrons. The predicted molar refractivity (Wildman–Crippen MR) is 141 cm³/mol. The summed E-state index contributed by atoms with van der Waals surface area (Å²) in [7, 11) is 2.82. The Hall–Kier alpha value is -3.11. The molecule has 192 valence electrons. The van der Waals surface area contributed by atoms with Crippen molar-refractivity contribution in [2.45, 2.75) is 38.1 Å². The number of methoxy groups -OCH3 is 2. The van der Waals surface area contributed by atoms with E-state index in [1.807, 2.05) is 6.92 Å². The number of likely N-dealkylation sites (tertiary alicyclic amines) is 1. The molecule has 2 heterocycles. The van der Waals surface area contributed by atoms with Crippen LogP contribution in [0.5, 0.6) is 11.5 Å². The van der Waals surface area contributed by atoms with Crippen molar-refractivity contribution in [1.82, 2.24) is 20.2 Å². The van der Waals surface area contributed by atoms with Gasteiger partial charge in [-0.25, -0.2) is 18.7 Å². The van der Waals surface area contributed by atoms with Gasteiger partial charge in [0.25, 0.3) is 0 Å². The van der Waals surface area contributed by atoms with Crippen LogP contribution in [-0.2, 0) is 0 Å². The van der Waals surface area contributed by atoms with Crippen LogP contribution in [0.15, 0.2) is 30.3 Å². The molecule has 1 aromatic heterocycles. The molecule has 1 aliphatic rings. The monoisotopic (exact) mass is 515 g/mol. The first kappa shape index (κ1) is 26.0. The molecule has 7 nitrogen and oxygen atoms in total. The molecule has 4 rings (SSSR count). The Morgan fingerprint density at radius 1 is 1.17 bits per heavy atom. The summed E-state index contributed by atoms with van der Waals surface area (Å²) in [5.41, 5.74) is 7.33. The average Bonchev–Trinajstić information content (AvgIpc) is 2.89. The van der Waals surface area contributed by atoms with Crippen molar-refractivity contribution in [2.24, 2.45) is 0 Å². The molecular formula is C26H31F2N5O2S. The van der Waals surface area contributed by atoms with E-state index in [1.165, 1.54) is 26.4 Å². The maximum atomic E-state index is 15.2. The highest BCUT2D eigenvalue weighted by Gasteiger charge is 2.27. The third-order valence-electron chi connectivity index (χ3n) is 6.64. The zero-order valence-corrected chi connectivity index (χ0v) is 21.5. The molecule has 3 aromatic rings. The van der Waals surface area contributed by atoms with Gasteiger partial charge in [-0.2, -0.15) is 0 Å². The number of halogens is 2. The molecule has 1 atom stereocenters. The molecule has 2 aromatic carbocycles. The maximum absolute atomic E-state index is 15.2. The Morgan fingerprint density at radius 3 is 2.47 bits per heavy atom. The van der Waals surface area contributed by atoms with Crippen molar-refractivity contribution in [3.05, 3.63) is 53.4 Å². The van der Waals surface area contributed by atoms with Gasteiger partial charge in [0.05, 0.1) is 19.2 Å². The fourth-order valence-electron chi connectivity index (χ4n) is 4.69. The number of fused-ring (bicyclic) bond motifs is 1. The van der Waals surface area contributed by atoms with Gasteiger partial charge in [-0.15, -0.1) is 0 Å². The predicted octanol–water partition coefficient (Wildman–Crippen LogP) is 4.76. The van der Waals surface area contributed by atoms with Gasteiger partial charge in [0.15, 0.2) is 17.3 Å². The molecule has 0 bridgehead atoms. The largest absolute Gasteiger partial charge is 0.493 e. The van der Waals surface area contributed by atoms with E-state index >= 15 is 4.39 Å². The number of rotatable bonds is 8. The van der Waals surface area contributed by atoms with Crippen LogP contribution in [0.25, 0.3) is 10.9 Å². The van der Waals surface area contributed by atoms with Crippen LogP contribution >= 0.6 is 12.2 Å². The molecule has 1 aliphatic heterocycles. The second kappa shape index (κ2) is 11.3. The first-order valence-electron chi connectivity index (χ1n) is 12.0. The number of hydrogen-bond donors (Lipinski definition) is 2. The number of benzene rings is 2. The van der Waals surface area contributed by atoms with Crippen molar-refractivity contribution in [3.63, 3.8) is 0 Å². The fraction of sp³-hybridized carbons (Fsp3) is 0.423. The van der Waals surface area contributed by atoms with Crippen LogP contribution in [0.3, 0.4) is 0 Å². The Labute approximate surface area is 215 Å². The quantitative estimate of drug-likeness (QED) is 0.416. The standard InChI is InChI=1S/C26H31F2N5O2S/c1-4-30-19(15-5-7-17(27)8-6-15)14-21(36)33-11-9-16(10-12-33)26-31-23-18(25(29)32-26)13-20(34-2)24(35-3)22(23)28/h5-8,13,16,19,30H,4,9-12,14H2,1-3H3,(H2,29,31,32)/t19-/m1/s1. The van der Waals surface area contributed by atoms with Crippen molar-refractivity contribution < 1.29 is 18.3 Å². The summed E-state index contributed by atoms with van der Waals surface area (Å²) >= 11 is 5.78. The number of nitrogens with two attached hydrogens (primary N) is 1. The van der Waals surface area contributed by atoms with E-state index in [0.29, 0.717) is 17.6 Å². The third kappa shape index (κ3) is 5.34. The molecule has 0 amide bonds. The van der Waals surface area contributed by atoms with Crippen molar-refractivity contribution in [3.8, 4) is 11.5 Å². The van der Waals surface area contributed by atoms with E-state index in [1.54, 1.807) is 18.2 Å². The molecule has 36 heavy (non-hydrogen) atoms. The van der Waals surface area contributed by atoms with Gasteiger partial charge in [0, 0.05) is 36.9 Å². The number of hydrogen-bond acceptors (Lipinski definition) is 7. The number of ether oxygens (including phenoxy) is 2. The van der Waals surface area contributed by atoms with Crippen molar-refractivity contribution >= 4 is 33.9 Å². The Bertz CT molecular complexity index is 1230. The van der Waals surface area contributed by atoms with E-state index < -0.39 is 5.82 Å². The average molecular weight is 516 g/mol. The number of nitrogens with one attached hydrogen (secondary N) is 1. The number of piperidine rings is 1. The van der Waals surface area contributed by atoms with Crippen LogP contribution in [0, 0.1) is 11.6 Å². The van der Waals surface area contributed by atoms with Gasteiger partial charge >= 0.3 is 0 Å². The van der Waals surface area contributed by atoms with Gasteiger partial charge < -0.3 is 25.4 Å². The third-order valence-corrected chi connectivity index (χ3v) is 7.06. The van der Waals surface area contributed by atoms with Crippen LogP contribution in [-0.4, -0.2) is 53.7 Å². The van der Waals surface area contributed by atoms with Gasteiger partial charge in [-0.05, 0) is 43.1 Å². The van der Waals surface area contributed by atoms with Gasteiger partial charge in [0.1, 0.15) is 23.0 Å². The second-order valence-electron chi connectivity index (χ2n) is 8.81. The first-order valence-corrected chi connectivity index (χ1v) is 12.4. The molecule has 1 saturated heterocycles. The zero-order valence-electron chi connectivity index (χ0n) is 20.7. The molecule has 0 spiro atoms. The first-order chi connectivity index (χ1) is 17.4. The van der Waals surface area contributed by atoms with E-state index in [4.69, 9.17) is 27.4 Å². The van der Waals surface area contributed by atoms with Crippen LogP contribution < -0.4 is 20.5 Å². The highest BCUT2D eigenvalue weighted by atomic mass is 32.1. The summed E-state index contributed by atoms with van der Waals surface area (Å²) in [4.78, 5) is 12.1. The molecule has 0 unspecified atom stereocenters. The van der Waals surface area contributed by atoms with E-state index in [9.17, 15) is 4.39 Å². The number of thiocarbonyl (C=S) groups is 1. The molecule has 3 N–H and O–H groups in total. The van der Waals surface area contributed by atoms with Gasteiger partial charge in [-0.1, -0.05) is 31.3 Å². The minimum absolute atomic E-state index is 0.00869. The van der Waals surface area contributed by atoms with Crippen LogP contribution in [0.2, 0.25) is 0 Å². The molecule has 10 heteroatoms. The van der Waals surface area contributed by atoms with E-state index in [0.717, 1.165) is 43.0 Å². The van der Waals surface area contributed by atoms with E-state index in [2.05, 4.69) is 20.2 Å². The van der Waals surface area contributed by atoms with Crippen LogP contribution in [0.1, 0.15) is 49.5 Å². The summed E-state index contributed by atoms with van der Waals surface area (Å²) in [5.74, 6) is 0.122. The fourth-order valence-corrected chi connectivity index (χ4v) is 5.04. The number of aromatic nitrogens is 2. The Morgan fingerprint density at radius 2 is 1.86 bits per heavy atom. The zero-order chi connectivity index (χ0) is 25.8. The van der Waals surface area contributed by atoms with Crippen molar-refractivity contribution in [1.29, 1.82) is 0 Å². The van der Waals surface area contributed by atoms with Gasteiger partial charge in [0.2, 0.25) is 0 Å². The number of nitrogens with zero attached hydrogens (tertiary/aromatic N) is 3. The minimum Gasteiger partial charge on any atom is -0.493 e. The summed E-state index contributed by atoms with van der Waals surface area (Å²) in [6, 6.07) is 8.14. The van der Waals surface area contributed by atoms with E-state index in [-0.39, 0.29) is 40.6 Å². The summed E-state index contributed by atoms with van der Waals surface area (Å²) in [6.07, 6.45) is 2.18. The summed E-state index contributed by atoms with van der Waals surface area (Å²) < 4.78 is 38.9. The highest BCUT2D eigenvalue weighted by molar-refractivity contribution is 7.80. The lowest BCUT2D eigenvalue weighted by Gasteiger charge is -2.34. The smallest absolute Gasteiger partial charge is 0.199 e. The highest BCUT2D eigenvalue weighted by Crippen LogP contribution is 2.38. The summed E-state index contributed by atoms with van der Waals surface area (Å²) in [5, 5.41) is 3.84. The molecule has 0 saturated carbocycles. The molecular weight excluding hydrogens is 484 g/mol. The number of anilines is 1. The lowest BCUT2D eigenvalue weighted by molar-refractivity contribution is 0.304. The van der Waals surface area contributed by atoms with Crippen LogP contribution in [0.4, 0.5) is 14.6 Å². The second-order valence-corrected chi connectivity index (χ2v) is 9.28. The molecule has 1 fully saturated rings. The summed E-state index contributed by atoms with van der Waals surface area (Å²) in [6.45, 7) is 4.29. The lowest BCUT2D eigenvalue weighted by Crippen LogP contribution is -2.39. The normalized spacial score (nSPS) is 15.2. The van der Waals surface area contributed by atoms with Gasteiger partial charge in [-0.3, -0.25) is 0 Å². The maximum Gasteiger partial charge on any atom is 0.199 e. The number of nitrogen functional groups attached to an aromatic ring is 1. The minimum atomic E-state index is -0.615. The Kier molecular flexibility index (Phi) is 8.15. The Balaban J connectivity index is 1.47.